The first-order valence-corrected chi connectivity index (χ1v) is 15.6. The SMILES string of the molecule is CC(C)(C)C1C(COc2cc(Br)cc3c2c(C#N)nn3COCC[Si](C)(C)C)CN1C(=O)O. The molecule has 180 valence electrons. The summed E-state index contributed by atoms with van der Waals surface area (Å²) in [6.07, 6.45) is -0.904. The van der Waals surface area contributed by atoms with E-state index in [0.717, 1.165) is 16.0 Å². The highest BCUT2D eigenvalue weighted by molar-refractivity contribution is 9.10. The van der Waals surface area contributed by atoms with Crippen LogP contribution in [0.1, 0.15) is 26.5 Å². The number of halogens is 1. The number of ether oxygens (including phenoxy) is 2. The Labute approximate surface area is 204 Å². The van der Waals surface area contributed by atoms with Crippen molar-refractivity contribution in [1.82, 2.24) is 14.7 Å². The summed E-state index contributed by atoms with van der Waals surface area (Å²) in [6.45, 7) is 14.7. The van der Waals surface area contributed by atoms with Gasteiger partial charge < -0.3 is 19.5 Å². The summed E-state index contributed by atoms with van der Waals surface area (Å²) in [7, 11) is -1.19. The molecule has 1 fully saturated rings. The molecule has 1 aromatic carbocycles. The van der Waals surface area contributed by atoms with Crippen LogP contribution < -0.4 is 4.74 Å². The topological polar surface area (TPSA) is 101 Å². The summed E-state index contributed by atoms with van der Waals surface area (Å²) in [4.78, 5) is 13.0. The van der Waals surface area contributed by atoms with Crippen LogP contribution in [-0.2, 0) is 11.5 Å². The number of hydrogen-bond donors (Lipinski definition) is 1. The van der Waals surface area contributed by atoms with Crippen LogP contribution in [0.3, 0.4) is 0 Å². The molecule has 1 N–H and O–H groups in total. The highest BCUT2D eigenvalue weighted by Crippen LogP contribution is 2.39. The van der Waals surface area contributed by atoms with Crippen LogP contribution in [0.4, 0.5) is 4.79 Å². The molecule has 0 radical (unpaired) electrons. The van der Waals surface area contributed by atoms with Gasteiger partial charge in [-0.05, 0) is 23.6 Å². The average molecular weight is 538 g/mol. The molecule has 1 saturated heterocycles. The van der Waals surface area contributed by atoms with E-state index < -0.39 is 14.2 Å². The number of likely N-dealkylation sites (tertiary alicyclic amines) is 1. The number of rotatable bonds is 8. The van der Waals surface area contributed by atoms with Gasteiger partial charge in [0.2, 0.25) is 0 Å². The Bertz CT molecular complexity index is 1070. The molecule has 0 spiro atoms. The second kappa shape index (κ2) is 9.64. The van der Waals surface area contributed by atoms with Crippen molar-refractivity contribution in [2.45, 2.75) is 59.2 Å². The van der Waals surface area contributed by atoms with Gasteiger partial charge in [-0.15, -0.1) is 0 Å². The van der Waals surface area contributed by atoms with Crippen LogP contribution in [0.25, 0.3) is 10.9 Å². The molecule has 33 heavy (non-hydrogen) atoms. The van der Waals surface area contributed by atoms with Crippen molar-refractivity contribution in [1.29, 1.82) is 5.26 Å². The van der Waals surface area contributed by atoms with Gasteiger partial charge in [0.15, 0.2) is 5.69 Å². The van der Waals surface area contributed by atoms with Crippen LogP contribution in [-0.4, -0.2) is 59.8 Å². The number of hydrogen-bond acceptors (Lipinski definition) is 5. The molecule has 0 bridgehead atoms. The third-order valence-corrected chi connectivity index (χ3v) is 8.06. The van der Waals surface area contributed by atoms with Crippen LogP contribution >= 0.6 is 15.9 Å². The fraction of sp³-hybridized carbons (Fsp3) is 0.609. The summed E-state index contributed by atoms with van der Waals surface area (Å²) < 4.78 is 14.6. The predicted octanol–water partition coefficient (Wildman–Crippen LogP) is 5.39. The van der Waals surface area contributed by atoms with E-state index in [2.05, 4.69) is 46.7 Å². The monoisotopic (exact) mass is 536 g/mol. The second-order valence-electron chi connectivity index (χ2n) is 10.9. The maximum absolute atomic E-state index is 11.5. The minimum Gasteiger partial charge on any atom is -0.492 e. The van der Waals surface area contributed by atoms with E-state index in [4.69, 9.17) is 9.47 Å². The Kier molecular flexibility index (Phi) is 7.46. The van der Waals surface area contributed by atoms with Crippen molar-refractivity contribution in [3.8, 4) is 11.8 Å². The maximum Gasteiger partial charge on any atom is 0.407 e. The molecule has 2 unspecified atom stereocenters. The van der Waals surface area contributed by atoms with Crippen LogP contribution in [0.2, 0.25) is 25.7 Å². The standard InChI is InChI=1S/C23H33BrN4O4Si/c1-23(2,3)21-15(12-27(21)22(29)30)13-32-19-10-16(24)9-18-20(19)17(11-25)26-28(18)14-31-7-8-33(4,5)6/h9-10,15,21H,7-8,12-14H2,1-6H3,(H,29,30). The van der Waals surface area contributed by atoms with E-state index >= 15 is 0 Å². The van der Waals surface area contributed by atoms with Crippen molar-refractivity contribution in [2.75, 3.05) is 19.8 Å². The fourth-order valence-electron chi connectivity index (χ4n) is 4.35. The van der Waals surface area contributed by atoms with E-state index in [0.29, 0.717) is 30.9 Å². The molecule has 1 aliphatic heterocycles. The van der Waals surface area contributed by atoms with E-state index in [9.17, 15) is 15.2 Å². The van der Waals surface area contributed by atoms with Gasteiger partial charge in [0.05, 0.1) is 17.5 Å². The van der Waals surface area contributed by atoms with Gasteiger partial charge >= 0.3 is 6.09 Å². The third-order valence-electron chi connectivity index (χ3n) is 5.90. The maximum atomic E-state index is 11.5. The molecule has 2 heterocycles. The van der Waals surface area contributed by atoms with Gasteiger partial charge in [-0.25, -0.2) is 9.48 Å². The minimum atomic E-state index is -1.19. The van der Waals surface area contributed by atoms with Gasteiger partial charge in [0, 0.05) is 37.7 Å². The Morgan fingerprint density at radius 1 is 1.36 bits per heavy atom. The first-order valence-electron chi connectivity index (χ1n) is 11.1. The van der Waals surface area contributed by atoms with Gasteiger partial charge in [0.25, 0.3) is 0 Å². The van der Waals surface area contributed by atoms with Gasteiger partial charge in [-0.2, -0.15) is 10.4 Å². The smallest absolute Gasteiger partial charge is 0.407 e. The summed E-state index contributed by atoms with van der Waals surface area (Å²) in [5.74, 6) is 0.631. The largest absolute Gasteiger partial charge is 0.492 e. The van der Waals surface area contributed by atoms with E-state index in [-0.39, 0.29) is 29.8 Å². The summed E-state index contributed by atoms with van der Waals surface area (Å²) in [5.41, 5.74) is 0.847. The minimum absolute atomic E-state index is 0.0700. The lowest BCUT2D eigenvalue weighted by Gasteiger charge is -2.52. The molecule has 1 amide bonds. The lowest BCUT2D eigenvalue weighted by molar-refractivity contribution is -0.0510. The molecule has 3 rings (SSSR count). The number of nitrogens with zero attached hydrogens (tertiary/aromatic N) is 4. The molecule has 1 aliphatic rings. The number of benzene rings is 1. The summed E-state index contributed by atoms with van der Waals surface area (Å²) in [5, 5.41) is 24.3. The molecule has 2 atom stereocenters. The van der Waals surface area contributed by atoms with Crippen LogP contribution in [0.5, 0.6) is 5.75 Å². The van der Waals surface area contributed by atoms with Crippen molar-refractivity contribution >= 4 is 41.0 Å². The molecule has 0 aliphatic carbocycles. The van der Waals surface area contributed by atoms with E-state index in [1.807, 2.05) is 32.9 Å². The van der Waals surface area contributed by atoms with Crippen LogP contribution in [0.15, 0.2) is 16.6 Å². The van der Waals surface area contributed by atoms with E-state index in [1.54, 1.807) is 4.68 Å². The number of aromatic nitrogens is 2. The lowest BCUT2D eigenvalue weighted by atomic mass is 9.72. The van der Waals surface area contributed by atoms with Crippen LogP contribution in [0, 0.1) is 22.7 Å². The third kappa shape index (κ3) is 5.89. The Morgan fingerprint density at radius 2 is 2.06 bits per heavy atom. The Hall–Kier alpha value is -2.09. The number of amides is 1. The number of carboxylic acid groups (broad SMARTS) is 1. The Balaban J connectivity index is 1.80. The van der Waals surface area contributed by atoms with Gasteiger partial charge in [-0.3, -0.25) is 0 Å². The van der Waals surface area contributed by atoms with Crippen molar-refractivity contribution in [3.63, 3.8) is 0 Å². The van der Waals surface area contributed by atoms with Gasteiger partial charge in [0.1, 0.15) is 18.5 Å². The predicted molar refractivity (Wildman–Crippen MR) is 133 cm³/mol. The molecular weight excluding hydrogens is 504 g/mol. The number of nitriles is 1. The van der Waals surface area contributed by atoms with Crippen molar-refractivity contribution in [2.24, 2.45) is 11.3 Å². The quantitative estimate of drug-likeness (QED) is 0.358. The normalized spacial score (nSPS) is 18.8. The zero-order valence-electron chi connectivity index (χ0n) is 20.2. The molecule has 10 heteroatoms. The number of carbonyl (C=O) groups is 1. The fourth-order valence-corrected chi connectivity index (χ4v) is 5.53. The number of fused-ring (bicyclic) bond motifs is 1. The average Bonchev–Trinajstić information content (AvgIpc) is 2.99. The first kappa shape index (κ1) is 25.5. The lowest BCUT2D eigenvalue weighted by Crippen LogP contribution is -2.64. The summed E-state index contributed by atoms with van der Waals surface area (Å²) >= 11 is 3.54. The molecule has 1 aromatic heterocycles. The zero-order chi connectivity index (χ0) is 24.6. The molecule has 2 aromatic rings. The molecule has 8 nitrogen and oxygen atoms in total. The van der Waals surface area contributed by atoms with E-state index in [1.165, 1.54) is 4.90 Å². The molecule has 0 saturated carbocycles. The highest BCUT2D eigenvalue weighted by atomic mass is 79.9. The summed E-state index contributed by atoms with van der Waals surface area (Å²) in [6, 6.07) is 6.84. The zero-order valence-corrected chi connectivity index (χ0v) is 22.8. The van der Waals surface area contributed by atoms with Gasteiger partial charge in [-0.1, -0.05) is 56.3 Å². The second-order valence-corrected chi connectivity index (χ2v) is 17.5. The van der Waals surface area contributed by atoms with Crippen molar-refractivity contribution in [3.05, 3.63) is 22.3 Å². The first-order chi connectivity index (χ1) is 15.3. The molecular formula is C23H33BrN4O4Si. The highest BCUT2D eigenvalue weighted by Gasteiger charge is 2.48. The van der Waals surface area contributed by atoms with Crippen molar-refractivity contribution < 1.29 is 19.4 Å². The Morgan fingerprint density at radius 3 is 2.64 bits per heavy atom.